The minimum absolute atomic E-state index is 0.315. The number of rotatable bonds is 4. The molecular formula is C17H22N4O. The molecule has 5 heteroatoms. The van der Waals surface area contributed by atoms with Gasteiger partial charge in [-0.1, -0.05) is 6.92 Å². The van der Waals surface area contributed by atoms with Gasteiger partial charge in [0, 0.05) is 37.7 Å². The molecule has 1 atom stereocenters. The van der Waals surface area contributed by atoms with E-state index in [2.05, 4.69) is 16.5 Å². The molecule has 2 aliphatic rings. The topological polar surface area (TPSA) is 51.0 Å². The van der Waals surface area contributed by atoms with Crippen molar-refractivity contribution in [1.29, 1.82) is 0 Å². The second-order valence-electron chi connectivity index (χ2n) is 6.51. The first-order valence-corrected chi connectivity index (χ1v) is 8.38. The molecule has 1 amide bonds. The van der Waals surface area contributed by atoms with Crippen LogP contribution in [0.1, 0.15) is 44.3 Å². The van der Waals surface area contributed by atoms with E-state index in [1.54, 1.807) is 0 Å². The quantitative estimate of drug-likeness (QED) is 0.871. The maximum atomic E-state index is 12.3. The largest absolute Gasteiger partial charge is 0.342 e. The van der Waals surface area contributed by atoms with E-state index in [1.165, 1.54) is 0 Å². The second-order valence-corrected chi connectivity index (χ2v) is 6.51. The minimum Gasteiger partial charge on any atom is -0.342 e. The Morgan fingerprint density at radius 3 is 3.00 bits per heavy atom. The van der Waals surface area contributed by atoms with E-state index in [4.69, 9.17) is 4.98 Å². The summed E-state index contributed by atoms with van der Waals surface area (Å²) in [6.07, 6.45) is 6.08. The van der Waals surface area contributed by atoms with Crippen LogP contribution in [0.2, 0.25) is 0 Å². The molecule has 22 heavy (non-hydrogen) atoms. The molecule has 1 aliphatic heterocycles. The number of likely N-dealkylation sites (tertiary alicyclic amines) is 1. The first-order chi connectivity index (χ1) is 10.8. The number of hydrogen-bond acceptors (Lipinski definition) is 3. The van der Waals surface area contributed by atoms with Gasteiger partial charge in [0.05, 0.1) is 0 Å². The first-order valence-electron chi connectivity index (χ1n) is 8.38. The molecule has 116 valence electrons. The fourth-order valence-electron chi connectivity index (χ4n) is 3.49. The number of aromatic nitrogens is 3. The average Bonchev–Trinajstić information content (AvgIpc) is 3.16. The molecule has 0 radical (unpaired) electrons. The molecule has 4 rings (SSSR count). The fourth-order valence-corrected chi connectivity index (χ4v) is 3.49. The lowest BCUT2D eigenvalue weighted by Crippen LogP contribution is -2.30. The zero-order valence-electron chi connectivity index (χ0n) is 13.0. The summed E-state index contributed by atoms with van der Waals surface area (Å²) in [7, 11) is 0. The Morgan fingerprint density at radius 1 is 1.36 bits per heavy atom. The van der Waals surface area contributed by atoms with Crippen molar-refractivity contribution in [2.24, 2.45) is 5.92 Å². The van der Waals surface area contributed by atoms with E-state index in [0.29, 0.717) is 17.7 Å². The third kappa shape index (κ3) is 2.28. The van der Waals surface area contributed by atoms with E-state index in [0.717, 1.165) is 62.3 Å². The van der Waals surface area contributed by atoms with Crippen molar-refractivity contribution >= 4 is 17.1 Å². The number of carbonyl (C=O) groups excluding carboxylic acids is 1. The van der Waals surface area contributed by atoms with Crippen LogP contribution in [0.3, 0.4) is 0 Å². The fraction of sp³-hybridized carbons (Fsp3) is 0.588. The summed E-state index contributed by atoms with van der Waals surface area (Å²) < 4.78 is 2.26. The Morgan fingerprint density at radius 2 is 2.23 bits per heavy atom. The third-order valence-electron chi connectivity index (χ3n) is 4.77. The lowest BCUT2D eigenvalue weighted by atomic mass is 10.1. The Kier molecular flexibility index (Phi) is 3.36. The van der Waals surface area contributed by atoms with Crippen LogP contribution in [-0.4, -0.2) is 38.4 Å². The number of nitrogens with zero attached hydrogens (tertiary/aromatic N) is 4. The van der Waals surface area contributed by atoms with Gasteiger partial charge >= 0.3 is 0 Å². The molecule has 5 nitrogen and oxygen atoms in total. The van der Waals surface area contributed by atoms with Gasteiger partial charge in [0.25, 0.3) is 0 Å². The number of aryl methyl sites for hydroxylation is 1. The smallest absolute Gasteiger partial charge is 0.225 e. The molecule has 3 heterocycles. The van der Waals surface area contributed by atoms with E-state index in [1.807, 2.05) is 23.2 Å². The lowest BCUT2D eigenvalue weighted by Gasteiger charge is -2.16. The highest BCUT2D eigenvalue weighted by Crippen LogP contribution is 2.35. The van der Waals surface area contributed by atoms with Crippen molar-refractivity contribution in [3.8, 4) is 0 Å². The number of imidazole rings is 1. The van der Waals surface area contributed by atoms with Crippen LogP contribution in [-0.2, 0) is 11.3 Å². The molecule has 0 N–H and O–H groups in total. The summed E-state index contributed by atoms with van der Waals surface area (Å²) in [5, 5.41) is 0. The predicted octanol–water partition coefficient (Wildman–Crippen LogP) is 2.57. The molecule has 2 aromatic rings. The van der Waals surface area contributed by atoms with Gasteiger partial charge in [-0.3, -0.25) is 4.79 Å². The molecule has 2 aromatic heterocycles. The summed E-state index contributed by atoms with van der Waals surface area (Å²) in [5.74, 6) is 2.14. The molecule has 0 bridgehead atoms. The van der Waals surface area contributed by atoms with Gasteiger partial charge in [-0.05, 0) is 37.8 Å². The normalized spacial score (nSPS) is 21.7. The van der Waals surface area contributed by atoms with E-state index in [9.17, 15) is 4.79 Å². The number of pyridine rings is 1. The van der Waals surface area contributed by atoms with Gasteiger partial charge in [0.2, 0.25) is 5.91 Å². The molecule has 1 aliphatic carbocycles. The van der Waals surface area contributed by atoms with Crippen LogP contribution in [0.25, 0.3) is 11.2 Å². The summed E-state index contributed by atoms with van der Waals surface area (Å²) >= 11 is 0. The SMILES string of the molecule is CCCn1c(C2CCN(C(=O)C3CC3)C2)nc2cccnc21. The highest BCUT2D eigenvalue weighted by molar-refractivity contribution is 5.81. The van der Waals surface area contributed by atoms with Crippen LogP contribution < -0.4 is 0 Å². The van der Waals surface area contributed by atoms with Gasteiger partial charge < -0.3 is 9.47 Å². The van der Waals surface area contributed by atoms with Gasteiger partial charge in [0.1, 0.15) is 11.3 Å². The zero-order valence-corrected chi connectivity index (χ0v) is 13.0. The van der Waals surface area contributed by atoms with Gasteiger partial charge in [-0.15, -0.1) is 0 Å². The van der Waals surface area contributed by atoms with Crippen molar-refractivity contribution in [3.05, 3.63) is 24.2 Å². The molecule has 1 unspecified atom stereocenters. The summed E-state index contributed by atoms with van der Waals surface area (Å²) in [4.78, 5) is 23.6. The van der Waals surface area contributed by atoms with Gasteiger partial charge in [-0.2, -0.15) is 0 Å². The lowest BCUT2D eigenvalue weighted by molar-refractivity contribution is -0.131. The standard InChI is InChI=1S/C17H22N4O/c1-2-9-21-15(19-14-4-3-8-18-16(14)21)13-7-10-20(11-13)17(22)12-5-6-12/h3-4,8,12-13H,2,5-7,9-11H2,1H3. The molecule has 2 fully saturated rings. The highest BCUT2D eigenvalue weighted by Gasteiger charge is 2.38. The second kappa shape index (κ2) is 5.38. The predicted molar refractivity (Wildman–Crippen MR) is 84.5 cm³/mol. The van der Waals surface area contributed by atoms with Gasteiger partial charge in [0.15, 0.2) is 5.65 Å². The zero-order chi connectivity index (χ0) is 15.1. The van der Waals surface area contributed by atoms with Crippen molar-refractivity contribution in [2.45, 2.75) is 45.1 Å². The Bertz CT molecular complexity index is 704. The number of amides is 1. The maximum absolute atomic E-state index is 12.3. The Balaban J connectivity index is 1.63. The monoisotopic (exact) mass is 298 g/mol. The maximum Gasteiger partial charge on any atom is 0.225 e. The van der Waals surface area contributed by atoms with Crippen LogP contribution in [0.5, 0.6) is 0 Å². The molecule has 0 spiro atoms. The highest BCUT2D eigenvalue weighted by atomic mass is 16.2. The van der Waals surface area contributed by atoms with Gasteiger partial charge in [-0.25, -0.2) is 9.97 Å². The Labute approximate surface area is 130 Å². The van der Waals surface area contributed by atoms with Crippen LogP contribution in [0.4, 0.5) is 0 Å². The summed E-state index contributed by atoms with van der Waals surface area (Å²) in [5.41, 5.74) is 1.95. The van der Waals surface area contributed by atoms with E-state index >= 15 is 0 Å². The van der Waals surface area contributed by atoms with E-state index in [-0.39, 0.29) is 0 Å². The first kappa shape index (κ1) is 13.7. The van der Waals surface area contributed by atoms with Crippen LogP contribution in [0.15, 0.2) is 18.3 Å². The van der Waals surface area contributed by atoms with Crippen molar-refractivity contribution in [3.63, 3.8) is 0 Å². The minimum atomic E-state index is 0.315. The third-order valence-corrected chi connectivity index (χ3v) is 4.77. The van der Waals surface area contributed by atoms with E-state index < -0.39 is 0 Å². The molecule has 0 aromatic carbocycles. The van der Waals surface area contributed by atoms with Crippen molar-refractivity contribution < 1.29 is 4.79 Å². The number of hydrogen-bond donors (Lipinski definition) is 0. The van der Waals surface area contributed by atoms with Crippen LogP contribution >= 0.6 is 0 Å². The number of carbonyl (C=O) groups is 1. The van der Waals surface area contributed by atoms with Crippen molar-refractivity contribution in [2.75, 3.05) is 13.1 Å². The summed E-state index contributed by atoms with van der Waals surface area (Å²) in [6.45, 7) is 4.82. The number of fused-ring (bicyclic) bond motifs is 1. The molecule has 1 saturated carbocycles. The average molecular weight is 298 g/mol. The Hall–Kier alpha value is -1.91. The van der Waals surface area contributed by atoms with Crippen LogP contribution in [0, 0.1) is 5.92 Å². The summed E-state index contributed by atoms with van der Waals surface area (Å²) in [6, 6.07) is 3.97. The molecule has 1 saturated heterocycles. The van der Waals surface area contributed by atoms with Crippen molar-refractivity contribution in [1.82, 2.24) is 19.4 Å². The molecular weight excluding hydrogens is 276 g/mol.